The molecule has 2 unspecified atom stereocenters. The third kappa shape index (κ3) is 2.22. The lowest BCUT2D eigenvalue weighted by Crippen LogP contribution is -2.56. The maximum absolute atomic E-state index is 11.0. The Balaban J connectivity index is 1.56. The van der Waals surface area contributed by atoms with Crippen LogP contribution in [0.15, 0.2) is 24.3 Å². The van der Waals surface area contributed by atoms with Crippen LogP contribution >= 0.6 is 0 Å². The predicted molar refractivity (Wildman–Crippen MR) is 83.6 cm³/mol. The molecule has 0 N–H and O–H groups in total. The second kappa shape index (κ2) is 5.34. The maximum atomic E-state index is 11.0. The lowest BCUT2D eigenvalue weighted by molar-refractivity contribution is -0.118. The largest absolute Gasteiger partial charge is 0.370 e. The van der Waals surface area contributed by atoms with E-state index in [2.05, 4.69) is 34.1 Å². The average Bonchev–Trinajstić information content (AvgIpc) is 2.81. The van der Waals surface area contributed by atoms with Gasteiger partial charge < -0.3 is 9.80 Å². The molecule has 1 amide bonds. The molecular weight excluding hydrogens is 262 g/mol. The number of carbonyl (C=O) groups is 1. The average molecular weight is 285 g/mol. The van der Waals surface area contributed by atoms with E-state index in [1.165, 1.54) is 24.2 Å². The zero-order chi connectivity index (χ0) is 14.2. The highest BCUT2D eigenvalue weighted by Gasteiger charge is 2.40. The number of benzene rings is 1. The smallest absolute Gasteiger partial charge is 0.209 e. The van der Waals surface area contributed by atoms with Crippen molar-refractivity contribution in [2.24, 2.45) is 0 Å². The number of piperidine rings is 1. The van der Waals surface area contributed by atoms with Gasteiger partial charge in [-0.15, -0.1) is 0 Å². The first-order chi connectivity index (χ1) is 10.4. The van der Waals surface area contributed by atoms with Gasteiger partial charge >= 0.3 is 0 Å². The second-order valence-corrected chi connectivity index (χ2v) is 6.50. The van der Waals surface area contributed by atoms with Gasteiger partial charge in [-0.1, -0.05) is 18.2 Å². The summed E-state index contributed by atoms with van der Waals surface area (Å²) in [5, 5.41) is 0. The molecule has 4 heterocycles. The summed E-state index contributed by atoms with van der Waals surface area (Å²) >= 11 is 0. The molecule has 0 radical (unpaired) electrons. The lowest BCUT2D eigenvalue weighted by atomic mass is 9.78. The first-order valence-electron chi connectivity index (χ1n) is 8.14. The minimum Gasteiger partial charge on any atom is -0.370 e. The fourth-order valence-electron chi connectivity index (χ4n) is 4.37. The molecule has 0 aromatic heterocycles. The lowest BCUT2D eigenvalue weighted by Gasteiger charge is -2.50. The van der Waals surface area contributed by atoms with Crippen molar-refractivity contribution < 1.29 is 4.79 Å². The van der Waals surface area contributed by atoms with E-state index >= 15 is 0 Å². The molecule has 4 nitrogen and oxygen atoms in total. The third-order valence-electron chi connectivity index (χ3n) is 5.44. The molecular formula is C17H23N3O. The van der Waals surface area contributed by atoms with Gasteiger partial charge in [0.25, 0.3) is 0 Å². The van der Waals surface area contributed by atoms with Crippen molar-refractivity contribution in [3.05, 3.63) is 29.8 Å². The number of nitrogens with zero attached hydrogens (tertiary/aromatic N) is 3. The number of anilines is 1. The van der Waals surface area contributed by atoms with Crippen molar-refractivity contribution >= 4 is 12.1 Å². The summed E-state index contributed by atoms with van der Waals surface area (Å²) in [5.41, 5.74) is 2.99. The van der Waals surface area contributed by atoms with Crippen LogP contribution in [0.5, 0.6) is 0 Å². The van der Waals surface area contributed by atoms with Gasteiger partial charge in [-0.25, -0.2) is 0 Å². The van der Waals surface area contributed by atoms with Crippen molar-refractivity contribution in [1.29, 1.82) is 0 Å². The molecule has 2 fully saturated rings. The van der Waals surface area contributed by atoms with Crippen molar-refractivity contribution in [2.75, 3.05) is 44.2 Å². The van der Waals surface area contributed by atoms with Crippen LogP contribution < -0.4 is 4.90 Å². The topological polar surface area (TPSA) is 26.8 Å². The fraction of sp³-hybridized carbons (Fsp3) is 0.588. The van der Waals surface area contributed by atoms with E-state index in [1.807, 2.05) is 4.90 Å². The first kappa shape index (κ1) is 13.1. The van der Waals surface area contributed by atoms with Gasteiger partial charge in [0.1, 0.15) is 0 Å². The number of fused-ring (bicyclic) bond motifs is 2. The Morgan fingerprint density at radius 2 is 1.95 bits per heavy atom. The number of hydrogen-bond acceptors (Lipinski definition) is 3. The number of rotatable bonds is 2. The maximum Gasteiger partial charge on any atom is 0.209 e. The number of para-hydroxylation sites is 1. The van der Waals surface area contributed by atoms with E-state index in [0.29, 0.717) is 12.0 Å². The minimum atomic E-state index is 0.625. The minimum absolute atomic E-state index is 0.625. The number of carbonyl (C=O) groups excluding carboxylic acids is 1. The van der Waals surface area contributed by atoms with Crippen molar-refractivity contribution in [1.82, 2.24) is 9.80 Å². The quantitative estimate of drug-likeness (QED) is 0.771. The fourth-order valence-corrected chi connectivity index (χ4v) is 4.37. The zero-order valence-electron chi connectivity index (χ0n) is 12.4. The van der Waals surface area contributed by atoms with Gasteiger partial charge in [0.2, 0.25) is 6.41 Å². The zero-order valence-corrected chi connectivity index (χ0v) is 12.4. The SMILES string of the molecule is O=CN1CCCN(C2CN3CCC2c2ccccc23)CC1. The monoisotopic (exact) mass is 285 g/mol. The summed E-state index contributed by atoms with van der Waals surface area (Å²) in [6.07, 6.45) is 3.38. The molecule has 112 valence electrons. The summed E-state index contributed by atoms with van der Waals surface area (Å²) < 4.78 is 0. The summed E-state index contributed by atoms with van der Waals surface area (Å²) in [5.74, 6) is 0.675. The molecule has 2 saturated heterocycles. The van der Waals surface area contributed by atoms with Gasteiger partial charge in [0.05, 0.1) is 0 Å². The van der Waals surface area contributed by atoms with E-state index in [1.54, 1.807) is 0 Å². The number of hydrogen-bond donors (Lipinski definition) is 0. The van der Waals surface area contributed by atoms with Crippen molar-refractivity contribution in [3.8, 4) is 0 Å². The molecule has 5 rings (SSSR count). The van der Waals surface area contributed by atoms with E-state index in [0.717, 1.165) is 45.6 Å². The second-order valence-electron chi connectivity index (χ2n) is 6.50. The molecule has 21 heavy (non-hydrogen) atoms. The molecule has 0 aliphatic carbocycles. The standard InChI is InChI=1S/C17H23N3O/c21-13-18-7-3-8-19(11-10-18)17-12-20-9-6-15(17)14-4-1-2-5-16(14)20/h1-2,4-5,13,15,17H,3,6-12H2. The Bertz CT molecular complexity index is 533. The first-order valence-corrected chi connectivity index (χ1v) is 8.14. The van der Waals surface area contributed by atoms with E-state index in [4.69, 9.17) is 0 Å². The van der Waals surface area contributed by atoms with Crippen LogP contribution in [0.2, 0.25) is 0 Å². The van der Waals surface area contributed by atoms with E-state index in [-0.39, 0.29) is 0 Å². The van der Waals surface area contributed by atoms with Crippen LogP contribution in [-0.4, -0.2) is 61.5 Å². The van der Waals surface area contributed by atoms with Crippen molar-refractivity contribution in [3.63, 3.8) is 0 Å². The van der Waals surface area contributed by atoms with Gasteiger partial charge in [-0.05, 0) is 24.5 Å². The van der Waals surface area contributed by atoms with Crippen LogP contribution in [0.25, 0.3) is 0 Å². The van der Waals surface area contributed by atoms with Gasteiger partial charge in [0.15, 0.2) is 0 Å². The predicted octanol–water partition coefficient (Wildman–Crippen LogP) is 1.53. The molecule has 1 aromatic carbocycles. The van der Waals surface area contributed by atoms with Crippen LogP contribution in [0.4, 0.5) is 5.69 Å². The molecule has 1 aromatic rings. The third-order valence-corrected chi connectivity index (χ3v) is 5.44. The molecule has 2 bridgehead atoms. The van der Waals surface area contributed by atoms with Crippen LogP contribution in [0.3, 0.4) is 0 Å². The van der Waals surface area contributed by atoms with Gasteiger partial charge in [0, 0.05) is 56.9 Å². The highest BCUT2D eigenvalue weighted by molar-refractivity contribution is 5.60. The van der Waals surface area contributed by atoms with E-state index in [9.17, 15) is 4.79 Å². The van der Waals surface area contributed by atoms with E-state index < -0.39 is 0 Å². The molecule has 0 spiro atoms. The summed E-state index contributed by atoms with van der Waals surface area (Å²) in [4.78, 5) is 18.1. The summed E-state index contributed by atoms with van der Waals surface area (Å²) in [6.45, 7) is 6.30. The molecule has 2 atom stereocenters. The highest BCUT2D eigenvalue weighted by atomic mass is 16.1. The summed E-state index contributed by atoms with van der Waals surface area (Å²) in [6, 6.07) is 9.54. The van der Waals surface area contributed by atoms with Gasteiger partial charge in [-0.3, -0.25) is 9.69 Å². The Morgan fingerprint density at radius 1 is 1.05 bits per heavy atom. The Morgan fingerprint density at radius 3 is 2.86 bits per heavy atom. The molecule has 4 heteroatoms. The Kier molecular flexibility index (Phi) is 3.34. The van der Waals surface area contributed by atoms with Gasteiger partial charge in [-0.2, -0.15) is 0 Å². The highest BCUT2D eigenvalue weighted by Crippen LogP contribution is 2.43. The summed E-state index contributed by atoms with van der Waals surface area (Å²) in [7, 11) is 0. The van der Waals surface area contributed by atoms with Crippen LogP contribution in [-0.2, 0) is 4.79 Å². The number of amides is 1. The molecule has 4 aliphatic heterocycles. The van der Waals surface area contributed by atoms with Crippen molar-refractivity contribution in [2.45, 2.75) is 24.8 Å². The Hall–Kier alpha value is -1.55. The normalized spacial score (nSPS) is 29.1. The Labute approximate surface area is 126 Å². The molecule has 0 saturated carbocycles. The van der Waals surface area contributed by atoms with Crippen LogP contribution in [0, 0.1) is 0 Å². The van der Waals surface area contributed by atoms with Crippen LogP contribution in [0.1, 0.15) is 24.3 Å². The molecule has 4 aliphatic rings.